The number of rotatable bonds is 5. The lowest BCUT2D eigenvalue weighted by molar-refractivity contribution is 0.918. The van der Waals surface area contributed by atoms with Crippen LogP contribution >= 0.6 is 17.0 Å². The van der Waals surface area contributed by atoms with Crippen LogP contribution < -0.4 is 10.7 Å². The number of benzene rings is 4. The third-order valence-corrected chi connectivity index (χ3v) is 5.48. The van der Waals surface area contributed by atoms with Gasteiger partial charge in [0.15, 0.2) is 0 Å². The summed E-state index contributed by atoms with van der Waals surface area (Å²) >= 11 is 0. The van der Waals surface area contributed by atoms with E-state index in [0.29, 0.717) is 5.96 Å². The predicted octanol–water partition coefficient (Wildman–Crippen LogP) is 6.20. The summed E-state index contributed by atoms with van der Waals surface area (Å²) in [7, 11) is 0. The quantitative estimate of drug-likeness (QED) is 0.255. The van der Waals surface area contributed by atoms with Crippen LogP contribution in [-0.4, -0.2) is 24.8 Å². The molecule has 1 aliphatic rings. The van der Waals surface area contributed by atoms with Crippen LogP contribution in [0, 0.1) is 0 Å². The molecule has 164 valence electrons. The van der Waals surface area contributed by atoms with E-state index in [0.717, 1.165) is 29.9 Å². The van der Waals surface area contributed by atoms with Crippen molar-refractivity contribution in [2.24, 2.45) is 10.1 Å². The highest BCUT2D eigenvalue weighted by atomic mass is 79.9. The monoisotopic (exact) mass is 496 g/mol. The van der Waals surface area contributed by atoms with Crippen LogP contribution in [-0.2, 0) is 0 Å². The van der Waals surface area contributed by atoms with Crippen LogP contribution in [0.15, 0.2) is 107 Å². The first kappa shape index (κ1) is 22.5. The molecule has 0 aliphatic carbocycles. The van der Waals surface area contributed by atoms with E-state index in [-0.39, 0.29) is 17.0 Å². The Kier molecular flexibility index (Phi) is 7.33. The van der Waals surface area contributed by atoms with Gasteiger partial charge in [-0.15, -0.1) is 17.0 Å². The van der Waals surface area contributed by atoms with Gasteiger partial charge < -0.3 is 5.32 Å². The van der Waals surface area contributed by atoms with Gasteiger partial charge in [0, 0.05) is 6.54 Å². The third kappa shape index (κ3) is 5.38. The van der Waals surface area contributed by atoms with Crippen molar-refractivity contribution >= 4 is 62.3 Å². The van der Waals surface area contributed by atoms with Crippen LogP contribution in [0.4, 0.5) is 0 Å². The summed E-state index contributed by atoms with van der Waals surface area (Å²) in [4.78, 5) is 4.37. The highest BCUT2D eigenvalue weighted by Gasteiger charge is 2.03. The van der Waals surface area contributed by atoms with E-state index in [1.807, 2.05) is 12.2 Å². The predicted molar refractivity (Wildman–Crippen MR) is 147 cm³/mol. The molecule has 4 aromatic rings. The molecular weight excluding hydrogens is 472 g/mol. The molecule has 5 rings (SSSR count). The molecule has 1 heterocycles. The number of hydrazone groups is 1. The molecule has 0 atom stereocenters. The lowest BCUT2D eigenvalue weighted by Crippen LogP contribution is -2.30. The Morgan fingerprint density at radius 3 is 1.85 bits per heavy atom. The Bertz CT molecular complexity index is 1280. The smallest absolute Gasteiger partial charge is 0.212 e. The summed E-state index contributed by atoms with van der Waals surface area (Å²) in [5.41, 5.74) is 6.18. The van der Waals surface area contributed by atoms with Gasteiger partial charge in [-0.3, -0.25) is 0 Å². The average molecular weight is 497 g/mol. The molecular formula is C28H25BrN4. The van der Waals surface area contributed by atoms with Crippen molar-refractivity contribution in [1.29, 1.82) is 0 Å². The number of hydrogen-bond donors (Lipinski definition) is 2. The van der Waals surface area contributed by atoms with Crippen LogP contribution in [0.3, 0.4) is 0 Å². The number of nitrogens with zero attached hydrogens (tertiary/aromatic N) is 2. The molecule has 0 bridgehead atoms. The maximum atomic E-state index is 4.60. The van der Waals surface area contributed by atoms with E-state index in [4.69, 9.17) is 0 Å². The zero-order valence-corrected chi connectivity index (χ0v) is 19.8. The van der Waals surface area contributed by atoms with Gasteiger partial charge >= 0.3 is 0 Å². The Morgan fingerprint density at radius 2 is 1.30 bits per heavy atom. The lowest BCUT2D eigenvalue weighted by atomic mass is 10.0. The van der Waals surface area contributed by atoms with Gasteiger partial charge in [-0.2, -0.15) is 5.10 Å². The van der Waals surface area contributed by atoms with E-state index in [1.54, 1.807) is 0 Å². The molecule has 0 amide bonds. The molecule has 0 saturated heterocycles. The molecule has 0 saturated carbocycles. The second kappa shape index (κ2) is 10.7. The Morgan fingerprint density at radius 1 is 0.758 bits per heavy atom. The SMILES string of the molecule is Br.C(=C\c1cccc2ccccc12)/C(/C=C/c1cccc2ccccc12)=NNC1=NCCN1. The zero-order chi connectivity index (χ0) is 21.6. The number of guanidine groups is 1. The Hall–Kier alpha value is -3.70. The van der Waals surface area contributed by atoms with Crippen molar-refractivity contribution < 1.29 is 0 Å². The maximum Gasteiger partial charge on any atom is 0.212 e. The molecule has 0 aromatic heterocycles. The first-order valence-corrected chi connectivity index (χ1v) is 10.8. The third-order valence-electron chi connectivity index (χ3n) is 5.48. The van der Waals surface area contributed by atoms with E-state index >= 15 is 0 Å². The lowest BCUT2D eigenvalue weighted by Gasteiger charge is -2.04. The fourth-order valence-corrected chi connectivity index (χ4v) is 3.86. The van der Waals surface area contributed by atoms with Gasteiger partial charge in [-0.1, -0.05) is 97.1 Å². The van der Waals surface area contributed by atoms with Crippen LogP contribution in [0.25, 0.3) is 33.7 Å². The molecule has 33 heavy (non-hydrogen) atoms. The zero-order valence-electron chi connectivity index (χ0n) is 18.1. The van der Waals surface area contributed by atoms with Gasteiger partial charge in [-0.25, -0.2) is 10.4 Å². The standard InChI is InChI=1S/C28H24N4.BrH/c1-3-13-26-21(7-1)9-5-11-23(26)15-17-25(31-32-28-29-19-20-30-28)18-16-24-12-6-10-22-8-2-4-14-27(22)24;/h1-18H,19-20H2,(H2,29,30,32);1H/b17-15+,18-16+;. The van der Waals surface area contributed by atoms with Crippen molar-refractivity contribution in [2.45, 2.75) is 0 Å². The molecule has 0 unspecified atom stereocenters. The number of allylic oxidation sites excluding steroid dienone is 2. The molecule has 4 nitrogen and oxygen atoms in total. The van der Waals surface area contributed by atoms with Gasteiger partial charge in [0.2, 0.25) is 5.96 Å². The second-order valence-electron chi connectivity index (χ2n) is 7.61. The fraction of sp³-hybridized carbons (Fsp3) is 0.0714. The van der Waals surface area contributed by atoms with E-state index in [9.17, 15) is 0 Å². The molecule has 0 radical (unpaired) electrons. The minimum absolute atomic E-state index is 0. The van der Waals surface area contributed by atoms with Crippen LogP contribution in [0.1, 0.15) is 11.1 Å². The maximum absolute atomic E-state index is 4.60. The number of hydrogen-bond acceptors (Lipinski definition) is 4. The van der Waals surface area contributed by atoms with Crippen molar-refractivity contribution in [1.82, 2.24) is 10.7 Å². The van der Waals surface area contributed by atoms with Crippen LogP contribution in [0.2, 0.25) is 0 Å². The van der Waals surface area contributed by atoms with E-state index < -0.39 is 0 Å². The summed E-state index contributed by atoms with van der Waals surface area (Å²) < 4.78 is 0. The van der Waals surface area contributed by atoms with Gasteiger partial charge in [0.05, 0.1) is 12.3 Å². The van der Waals surface area contributed by atoms with Crippen molar-refractivity contribution in [3.8, 4) is 0 Å². The second-order valence-corrected chi connectivity index (χ2v) is 7.61. The summed E-state index contributed by atoms with van der Waals surface area (Å²) in [6.07, 6.45) is 8.29. The Balaban J connectivity index is 0.00000259. The summed E-state index contributed by atoms with van der Waals surface area (Å²) in [5.74, 6) is 0.708. The molecule has 4 aromatic carbocycles. The van der Waals surface area contributed by atoms with Crippen molar-refractivity contribution in [2.75, 3.05) is 13.1 Å². The molecule has 1 aliphatic heterocycles. The average Bonchev–Trinajstić information content (AvgIpc) is 3.37. The topological polar surface area (TPSA) is 48.8 Å². The summed E-state index contributed by atoms with van der Waals surface area (Å²) in [6.45, 7) is 1.61. The number of fused-ring (bicyclic) bond motifs is 2. The largest absolute Gasteiger partial charge is 0.353 e. The fourth-order valence-electron chi connectivity index (χ4n) is 3.86. The summed E-state index contributed by atoms with van der Waals surface area (Å²) in [6, 6.07) is 29.5. The molecule has 0 spiro atoms. The van der Waals surface area contributed by atoms with Crippen molar-refractivity contribution in [3.63, 3.8) is 0 Å². The summed E-state index contributed by atoms with van der Waals surface area (Å²) in [5, 5.41) is 12.7. The normalized spacial score (nSPS) is 13.2. The van der Waals surface area contributed by atoms with E-state index in [2.05, 4.69) is 118 Å². The number of aliphatic imine (C=N–C) groups is 1. The minimum atomic E-state index is 0. The first-order chi connectivity index (χ1) is 15.9. The molecule has 5 heteroatoms. The molecule has 2 N–H and O–H groups in total. The highest BCUT2D eigenvalue weighted by Crippen LogP contribution is 2.21. The first-order valence-electron chi connectivity index (χ1n) is 10.8. The van der Waals surface area contributed by atoms with Crippen LogP contribution in [0.5, 0.6) is 0 Å². The Labute approximate surface area is 204 Å². The number of nitrogens with one attached hydrogen (secondary N) is 2. The van der Waals surface area contributed by atoms with E-state index in [1.165, 1.54) is 21.5 Å². The van der Waals surface area contributed by atoms with Gasteiger partial charge in [-0.05, 0) is 44.8 Å². The van der Waals surface area contributed by atoms with Gasteiger partial charge in [0.1, 0.15) is 0 Å². The number of halogens is 1. The van der Waals surface area contributed by atoms with Gasteiger partial charge in [0.25, 0.3) is 0 Å². The van der Waals surface area contributed by atoms with Crippen molar-refractivity contribution in [3.05, 3.63) is 108 Å². The highest BCUT2D eigenvalue weighted by molar-refractivity contribution is 8.93. The molecule has 0 fully saturated rings. The minimum Gasteiger partial charge on any atom is -0.353 e.